The van der Waals surface area contributed by atoms with Crippen LogP contribution in [0.3, 0.4) is 0 Å². The maximum atomic E-state index is 12.7. The summed E-state index contributed by atoms with van der Waals surface area (Å²) in [5, 5.41) is 0.977. The number of nitrogens with zero attached hydrogens (tertiary/aromatic N) is 1. The summed E-state index contributed by atoms with van der Waals surface area (Å²) in [4.78, 5) is 0.324. The number of nitrogens with one attached hydrogen (secondary N) is 1. The van der Waals surface area contributed by atoms with Crippen LogP contribution in [-0.4, -0.2) is 20.1 Å². The first-order valence-corrected chi connectivity index (χ1v) is 9.49. The van der Waals surface area contributed by atoms with E-state index in [1.807, 2.05) is 55.1 Å². The highest BCUT2D eigenvalue weighted by Gasteiger charge is 2.18. The predicted molar refractivity (Wildman–Crippen MR) is 99.4 cm³/mol. The van der Waals surface area contributed by atoms with E-state index in [1.165, 1.54) is 0 Å². The Hall–Kier alpha value is -2.31. The van der Waals surface area contributed by atoms with Crippen LogP contribution in [0.4, 0.5) is 0 Å². The van der Waals surface area contributed by atoms with Crippen LogP contribution in [0.1, 0.15) is 16.7 Å². The van der Waals surface area contributed by atoms with Crippen molar-refractivity contribution in [3.63, 3.8) is 0 Å². The average Bonchev–Trinajstić information content (AvgIpc) is 2.90. The number of methoxy groups -OCH3 is 1. The summed E-state index contributed by atoms with van der Waals surface area (Å²) in [6.45, 7) is 3.91. The van der Waals surface area contributed by atoms with Gasteiger partial charge >= 0.3 is 0 Å². The molecule has 1 aromatic heterocycles. The fraction of sp³-hybridized carbons (Fsp3) is 0.263. The third-order valence-electron chi connectivity index (χ3n) is 4.36. The molecule has 0 aliphatic heterocycles. The Kier molecular flexibility index (Phi) is 4.58. The van der Waals surface area contributed by atoms with Crippen LogP contribution in [0, 0.1) is 13.8 Å². The number of sulfonamides is 1. The lowest BCUT2D eigenvalue weighted by molar-refractivity contribution is 0.415. The summed E-state index contributed by atoms with van der Waals surface area (Å²) in [7, 11) is -0.0172. The van der Waals surface area contributed by atoms with E-state index < -0.39 is 10.0 Å². The number of aryl methyl sites for hydroxylation is 3. The minimum atomic E-state index is -3.58. The van der Waals surface area contributed by atoms with Crippen molar-refractivity contribution in [2.45, 2.75) is 25.3 Å². The zero-order valence-electron chi connectivity index (χ0n) is 14.8. The zero-order valence-corrected chi connectivity index (χ0v) is 15.6. The zero-order chi connectivity index (χ0) is 18.2. The lowest BCUT2D eigenvalue weighted by Gasteiger charge is -2.10. The molecule has 0 atom stereocenters. The lowest BCUT2D eigenvalue weighted by atomic mass is 10.1. The monoisotopic (exact) mass is 358 g/mol. The Labute approximate surface area is 148 Å². The average molecular weight is 358 g/mol. The van der Waals surface area contributed by atoms with Gasteiger partial charge in [-0.2, -0.15) is 0 Å². The van der Waals surface area contributed by atoms with Crippen molar-refractivity contribution < 1.29 is 13.2 Å². The van der Waals surface area contributed by atoms with E-state index >= 15 is 0 Å². The first-order valence-electron chi connectivity index (χ1n) is 8.00. The molecule has 5 nitrogen and oxygen atoms in total. The van der Waals surface area contributed by atoms with Crippen molar-refractivity contribution in [2.75, 3.05) is 7.11 Å². The van der Waals surface area contributed by atoms with Gasteiger partial charge in [0.15, 0.2) is 0 Å². The van der Waals surface area contributed by atoms with Crippen molar-refractivity contribution in [2.24, 2.45) is 7.05 Å². The molecule has 0 saturated carbocycles. The quantitative estimate of drug-likeness (QED) is 0.761. The van der Waals surface area contributed by atoms with Crippen LogP contribution in [0.5, 0.6) is 5.75 Å². The van der Waals surface area contributed by atoms with E-state index in [9.17, 15) is 8.42 Å². The molecule has 0 aliphatic rings. The molecule has 2 aromatic carbocycles. The minimum Gasteiger partial charge on any atom is -0.497 e. The molecule has 3 aromatic rings. The number of hydrogen-bond donors (Lipinski definition) is 1. The van der Waals surface area contributed by atoms with Gasteiger partial charge < -0.3 is 9.30 Å². The summed E-state index contributed by atoms with van der Waals surface area (Å²) < 4.78 is 35.4. The van der Waals surface area contributed by atoms with Gasteiger partial charge in [-0.1, -0.05) is 12.1 Å². The molecule has 0 unspecified atom stereocenters. The molecular formula is C19H22N2O3S. The van der Waals surface area contributed by atoms with Crippen molar-refractivity contribution in [1.82, 2.24) is 9.29 Å². The van der Waals surface area contributed by atoms with Crippen molar-refractivity contribution in [3.8, 4) is 5.75 Å². The molecule has 0 aliphatic carbocycles. The van der Waals surface area contributed by atoms with Crippen molar-refractivity contribution in [1.29, 1.82) is 0 Å². The molecule has 0 bridgehead atoms. The Morgan fingerprint density at radius 3 is 2.60 bits per heavy atom. The van der Waals surface area contributed by atoms with Gasteiger partial charge in [0, 0.05) is 30.7 Å². The van der Waals surface area contributed by atoms with E-state index in [2.05, 4.69) is 4.72 Å². The lowest BCUT2D eigenvalue weighted by Crippen LogP contribution is -2.24. The van der Waals surface area contributed by atoms with Crippen LogP contribution in [0.25, 0.3) is 10.9 Å². The van der Waals surface area contributed by atoms with Crippen molar-refractivity contribution >= 4 is 20.9 Å². The van der Waals surface area contributed by atoms with Crippen LogP contribution >= 0.6 is 0 Å². The number of hydrogen-bond acceptors (Lipinski definition) is 3. The van der Waals surface area contributed by atoms with Gasteiger partial charge in [0.05, 0.1) is 12.0 Å². The molecule has 0 radical (unpaired) electrons. The molecule has 0 fully saturated rings. The number of rotatable bonds is 5. The van der Waals surface area contributed by atoms with E-state index in [4.69, 9.17) is 4.74 Å². The number of fused-ring (bicyclic) bond motifs is 1. The summed E-state index contributed by atoms with van der Waals surface area (Å²) in [6.07, 6.45) is 1.94. The Morgan fingerprint density at radius 2 is 1.88 bits per heavy atom. The molecule has 3 rings (SSSR count). The molecule has 0 spiro atoms. The molecule has 0 amide bonds. The number of aromatic nitrogens is 1. The smallest absolute Gasteiger partial charge is 0.241 e. The molecule has 132 valence electrons. The molecule has 0 saturated heterocycles. The second-order valence-corrected chi connectivity index (χ2v) is 7.98. The van der Waals surface area contributed by atoms with Crippen LogP contribution in [0.15, 0.2) is 47.5 Å². The Bertz CT molecular complexity index is 1040. The summed E-state index contributed by atoms with van der Waals surface area (Å²) in [6, 6.07) is 11.2. The van der Waals surface area contributed by atoms with E-state index in [1.54, 1.807) is 20.1 Å². The van der Waals surface area contributed by atoms with Gasteiger partial charge in [0.1, 0.15) is 5.75 Å². The molecular weight excluding hydrogens is 336 g/mol. The summed E-state index contributed by atoms with van der Waals surface area (Å²) in [5.41, 5.74) is 3.59. The maximum Gasteiger partial charge on any atom is 0.241 e. The largest absolute Gasteiger partial charge is 0.497 e. The SMILES string of the molecule is COc1ccc2c(c1)c(CNS(=O)(=O)c1cc(C)ccc1C)cn2C. The third kappa shape index (κ3) is 3.41. The molecule has 1 heterocycles. The van der Waals surface area contributed by atoms with E-state index in [0.29, 0.717) is 4.90 Å². The third-order valence-corrected chi connectivity index (χ3v) is 5.91. The highest BCUT2D eigenvalue weighted by molar-refractivity contribution is 7.89. The second-order valence-electron chi connectivity index (χ2n) is 6.24. The normalized spacial score (nSPS) is 11.8. The first kappa shape index (κ1) is 17.5. The standard InChI is InChI=1S/C19H22N2O3S/c1-13-5-6-14(2)19(9-13)25(22,23)20-11-15-12-21(3)18-8-7-16(24-4)10-17(15)18/h5-10,12,20H,11H2,1-4H3. The van der Waals surface area contributed by atoms with Gasteiger partial charge in [-0.25, -0.2) is 13.1 Å². The highest BCUT2D eigenvalue weighted by Crippen LogP contribution is 2.26. The van der Waals surface area contributed by atoms with E-state index in [0.717, 1.165) is 33.3 Å². The van der Waals surface area contributed by atoms with Crippen molar-refractivity contribution in [3.05, 3.63) is 59.3 Å². The second kappa shape index (κ2) is 6.54. The number of ether oxygens (including phenoxy) is 1. The summed E-state index contributed by atoms with van der Waals surface area (Å²) >= 11 is 0. The first-order chi connectivity index (χ1) is 11.8. The van der Waals surface area contributed by atoms with Gasteiger partial charge in [0.25, 0.3) is 0 Å². The van der Waals surface area contributed by atoms with Crippen LogP contribution < -0.4 is 9.46 Å². The Morgan fingerprint density at radius 1 is 1.12 bits per heavy atom. The van der Waals surface area contributed by atoms with Gasteiger partial charge in [-0.3, -0.25) is 0 Å². The van der Waals surface area contributed by atoms with Crippen LogP contribution in [0.2, 0.25) is 0 Å². The maximum absolute atomic E-state index is 12.7. The van der Waals surface area contributed by atoms with Gasteiger partial charge in [0.2, 0.25) is 10.0 Å². The molecule has 1 N–H and O–H groups in total. The van der Waals surface area contributed by atoms with E-state index in [-0.39, 0.29) is 6.54 Å². The number of benzene rings is 2. The molecule has 25 heavy (non-hydrogen) atoms. The predicted octanol–water partition coefficient (Wildman–Crippen LogP) is 3.28. The summed E-state index contributed by atoms with van der Waals surface area (Å²) in [5.74, 6) is 0.748. The van der Waals surface area contributed by atoms with Gasteiger partial charge in [-0.15, -0.1) is 0 Å². The highest BCUT2D eigenvalue weighted by atomic mass is 32.2. The fourth-order valence-electron chi connectivity index (χ4n) is 2.97. The Balaban J connectivity index is 1.93. The van der Waals surface area contributed by atoms with Gasteiger partial charge in [-0.05, 0) is 54.8 Å². The minimum absolute atomic E-state index is 0.222. The topological polar surface area (TPSA) is 60.3 Å². The molecule has 6 heteroatoms. The fourth-order valence-corrected chi connectivity index (χ4v) is 4.30. The van der Waals surface area contributed by atoms with Crippen LogP contribution in [-0.2, 0) is 23.6 Å².